The number of piperidine rings is 1. The average molecular weight is 343 g/mol. The van der Waals surface area contributed by atoms with Crippen molar-refractivity contribution in [2.45, 2.75) is 33.2 Å². The molecule has 2 saturated heterocycles. The molecule has 7 heteroatoms. The predicted molar refractivity (Wildman–Crippen MR) is 90.7 cm³/mol. The molecule has 0 spiro atoms. The van der Waals surface area contributed by atoms with Gasteiger partial charge in [-0.05, 0) is 33.2 Å². The van der Waals surface area contributed by atoms with Crippen molar-refractivity contribution in [3.05, 3.63) is 17.0 Å². The Kier molecular flexibility index (Phi) is 6.44. The van der Waals surface area contributed by atoms with Gasteiger partial charge in [-0.15, -0.1) is 12.4 Å². The van der Waals surface area contributed by atoms with Gasteiger partial charge in [0.05, 0.1) is 11.6 Å². The summed E-state index contributed by atoms with van der Waals surface area (Å²) in [5.41, 5.74) is 2.17. The highest BCUT2D eigenvalue weighted by atomic mass is 35.5. The Hall–Kier alpha value is -1.11. The van der Waals surface area contributed by atoms with Crippen molar-refractivity contribution < 1.29 is 9.32 Å². The maximum absolute atomic E-state index is 12.5. The minimum absolute atomic E-state index is 0. The van der Waals surface area contributed by atoms with Crippen molar-refractivity contribution in [3.63, 3.8) is 0 Å². The Bertz CT molecular complexity index is 501. The fourth-order valence-corrected chi connectivity index (χ4v) is 3.40. The first-order valence-corrected chi connectivity index (χ1v) is 8.29. The summed E-state index contributed by atoms with van der Waals surface area (Å²) in [4.78, 5) is 17.0. The summed E-state index contributed by atoms with van der Waals surface area (Å²) in [7, 11) is 0. The standard InChI is InChI=1S/C16H26N4O2.ClH/c1-12-15(13(2)22-18-12)11-19-6-8-20(9-7-19)16(21)14-4-3-5-17-10-14;/h14,17H,3-11H2,1-2H3;1H. The molecule has 3 heterocycles. The van der Waals surface area contributed by atoms with Crippen molar-refractivity contribution in [1.82, 2.24) is 20.3 Å². The maximum atomic E-state index is 12.5. The molecule has 6 nitrogen and oxygen atoms in total. The molecule has 0 saturated carbocycles. The third-order valence-electron chi connectivity index (χ3n) is 4.89. The van der Waals surface area contributed by atoms with E-state index in [1.54, 1.807) is 0 Å². The molecule has 23 heavy (non-hydrogen) atoms. The van der Waals surface area contributed by atoms with Gasteiger partial charge in [-0.1, -0.05) is 5.16 Å². The van der Waals surface area contributed by atoms with Gasteiger partial charge < -0.3 is 14.7 Å². The van der Waals surface area contributed by atoms with E-state index in [9.17, 15) is 4.79 Å². The van der Waals surface area contributed by atoms with E-state index >= 15 is 0 Å². The van der Waals surface area contributed by atoms with Gasteiger partial charge in [0.25, 0.3) is 0 Å². The van der Waals surface area contributed by atoms with Gasteiger partial charge >= 0.3 is 0 Å². The molecule has 0 aromatic carbocycles. The van der Waals surface area contributed by atoms with Gasteiger partial charge in [-0.25, -0.2) is 0 Å². The first-order chi connectivity index (χ1) is 10.6. The molecule has 1 N–H and O–H groups in total. The molecule has 1 atom stereocenters. The predicted octanol–water partition coefficient (Wildman–Crippen LogP) is 1.36. The van der Waals surface area contributed by atoms with Gasteiger partial charge in [0.15, 0.2) is 0 Å². The van der Waals surface area contributed by atoms with Crippen LogP contribution < -0.4 is 5.32 Å². The molecule has 0 bridgehead atoms. The van der Waals surface area contributed by atoms with E-state index in [1.807, 2.05) is 18.7 Å². The largest absolute Gasteiger partial charge is 0.361 e. The van der Waals surface area contributed by atoms with E-state index < -0.39 is 0 Å². The van der Waals surface area contributed by atoms with Crippen LogP contribution in [0.2, 0.25) is 0 Å². The first kappa shape index (κ1) is 18.2. The summed E-state index contributed by atoms with van der Waals surface area (Å²) >= 11 is 0. The summed E-state index contributed by atoms with van der Waals surface area (Å²) < 4.78 is 5.23. The fourth-order valence-electron chi connectivity index (χ4n) is 3.40. The lowest BCUT2D eigenvalue weighted by Crippen LogP contribution is -2.51. The monoisotopic (exact) mass is 342 g/mol. The second-order valence-corrected chi connectivity index (χ2v) is 6.45. The van der Waals surface area contributed by atoms with Gasteiger partial charge in [-0.2, -0.15) is 0 Å². The second kappa shape index (κ2) is 8.13. The van der Waals surface area contributed by atoms with Crippen LogP contribution in [0, 0.1) is 19.8 Å². The van der Waals surface area contributed by atoms with E-state index in [1.165, 1.54) is 5.56 Å². The minimum atomic E-state index is 0. The zero-order valence-corrected chi connectivity index (χ0v) is 14.8. The number of hydrogen-bond acceptors (Lipinski definition) is 5. The Morgan fingerprint density at radius 3 is 2.61 bits per heavy atom. The summed E-state index contributed by atoms with van der Waals surface area (Å²) in [5, 5.41) is 7.34. The molecule has 2 fully saturated rings. The van der Waals surface area contributed by atoms with Crippen LogP contribution in [-0.2, 0) is 11.3 Å². The van der Waals surface area contributed by atoms with Crippen molar-refractivity contribution >= 4 is 18.3 Å². The molecule has 1 aromatic heterocycles. The highest BCUT2D eigenvalue weighted by molar-refractivity contribution is 5.85. The van der Waals surface area contributed by atoms with E-state index in [2.05, 4.69) is 15.4 Å². The molecular weight excluding hydrogens is 316 g/mol. The average Bonchev–Trinajstić information content (AvgIpc) is 2.88. The summed E-state index contributed by atoms with van der Waals surface area (Å²) in [6, 6.07) is 0. The number of nitrogens with one attached hydrogen (secondary N) is 1. The number of amides is 1. The van der Waals surface area contributed by atoms with Crippen molar-refractivity contribution in [2.75, 3.05) is 39.3 Å². The highest BCUT2D eigenvalue weighted by Crippen LogP contribution is 2.18. The number of carbonyl (C=O) groups excluding carboxylic acids is 1. The van der Waals surface area contributed by atoms with Crippen LogP contribution in [0.1, 0.15) is 29.9 Å². The third-order valence-corrected chi connectivity index (χ3v) is 4.89. The molecule has 3 rings (SSSR count). The van der Waals surface area contributed by atoms with Crippen LogP contribution >= 0.6 is 12.4 Å². The number of halogens is 1. The van der Waals surface area contributed by atoms with Crippen LogP contribution in [0.4, 0.5) is 0 Å². The molecule has 1 aromatic rings. The number of piperazine rings is 1. The van der Waals surface area contributed by atoms with Gasteiger partial charge in [0.2, 0.25) is 5.91 Å². The number of nitrogens with zero attached hydrogens (tertiary/aromatic N) is 3. The number of carbonyl (C=O) groups is 1. The third kappa shape index (κ3) is 4.25. The number of rotatable bonds is 3. The molecule has 1 amide bonds. The Morgan fingerprint density at radius 1 is 1.30 bits per heavy atom. The molecule has 0 radical (unpaired) electrons. The summed E-state index contributed by atoms with van der Waals surface area (Å²) in [6.45, 7) is 10.2. The quantitative estimate of drug-likeness (QED) is 0.898. The molecular formula is C16H27ClN4O2. The number of aromatic nitrogens is 1. The molecule has 2 aliphatic heterocycles. The SMILES string of the molecule is Cc1noc(C)c1CN1CCN(C(=O)C2CCCNC2)CC1.Cl. The van der Waals surface area contributed by atoms with Crippen molar-refractivity contribution in [3.8, 4) is 0 Å². The number of aryl methyl sites for hydroxylation is 2. The van der Waals surface area contributed by atoms with Gasteiger partial charge in [-0.3, -0.25) is 9.69 Å². The van der Waals surface area contributed by atoms with E-state index in [-0.39, 0.29) is 18.3 Å². The summed E-state index contributed by atoms with van der Waals surface area (Å²) in [6.07, 6.45) is 2.15. The zero-order chi connectivity index (χ0) is 15.5. The second-order valence-electron chi connectivity index (χ2n) is 6.45. The smallest absolute Gasteiger partial charge is 0.227 e. The van der Waals surface area contributed by atoms with E-state index in [0.29, 0.717) is 5.91 Å². The van der Waals surface area contributed by atoms with E-state index in [4.69, 9.17) is 4.52 Å². The lowest BCUT2D eigenvalue weighted by molar-refractivity contribution is -0.137. The lowest BCUT2D eigenvalue weighted by Gasteiger charge is -2.37. The van der Waals surface area contributed by atoms with Crippen LogP contribution in [-0.4, -0.2) is 60.1 Å². The van der Waals surface area contributed by atoms with Crippen molar-refractivity contribution in [1.29, 1.82) is 0 Å². The molecule has 130 valence electrons. The fraction of sp³-hybridized carbons (Fsp3) is 0.750. The molecule has 1 unspecified atom stereocenters. The normalized spacial score (nSPS) is 22.7. The van der Waals surface area contributed by atoms with Crippen molar-refractivity contribution in [2.24, 2.45) is 5.92 Å². The van der Waals surface area contributed by atoms with Crippen LogP contribution in [0.5, 0.6) is 0 Å². The Labute approximate surface area is 144 Å². The van der Waals surface area contributed by atoms with Crippen LogP contribution in [0.15, 0.2) is 4.52 Å². The van der Waals surface area contributed by atoms with Gasteiger partial charge in [0, 0.05) is 44.8 Å². The van der Waals surface area contributed by atoms with Crippen LogP contribution in [0.25, 0.3) is 0 Å². The first-order valence-electron chi connectivity index (χ1n) is 8.29. The maximum Gasteiger partial charge on any atom is 0.227 e. The Morgan fingerprint density at radius 2 is 2.04 bits per heavy atom. The molecule has 2 aliphatic rings. The van der Waals surface area contributed by atoms with E-state index in [0.717, 1.165) is 70.1 Å². The minimum Gasteiger partial charge on any atom is -0.361 e. The Balaban J connectivity index is 0.00000192. The topological polar surface area (TPSA) is 61.6 Å². The zero-order valence-electron chi connectivity index (χ0n) is 14.0. The van der Waals surface area contributed by atoms with Gasteiger partial charge in [0.1, 0.15) is 5.76 Å². The molecule has 0 aliphatic carbocycles. The number of hydrogen-bond donors (Lipinski definition) is 1. The lowest BCUT2D eigenvalue weighted by atomic mass is 9.98. The highest BCUT2D eigenvalue weighted by Gasteiger charge is 2.28. The summed E-state index contributed by atoms with van der Waals surface area (Å²) in [5.74, 6) is 1.43. The van der Waals surface area contributed by atoms with Crippen LogP contribution in [0.3, 0.4) is 0 Å².